The Hall–Kier alpha value is -3.87. The Labute approximate surface area is 180 Å². The van der Waals surface area contributed by atoms with E-state index >= 15 is 0 Å². The third-order valence-electron chi connectivity index (χ3n) is 5.75. The van der Waals surface area contributed by atoms with Gasteiger partial charge in [-0.1, -0.05) is 54.1 Å². The van der Waals surface area contributed by atoms with Crippen LogP contribution in [0, 0.1) is 20.8 Å². The van der Waals surface area contributed by atoms with Crippen molar-refractivity contribution >= 4 is 11.7 Å². The molecule has 1 aliphatic rings. The van der Waals surface area contributed by atoms with E-state index in [-0.39, 0.29) is 11.8 Å². The number of hydrogen-bond donors (Lipinski definition) is 1. The van der Waals surface area contributed by atoms with Crippen LogP contribution in [-0.4, -0.2) is 30.9 Å². The van der Waals surface area contributed by atoms with Gasteiger partial charge in [0.2, 0.25) is 5.91 Å². The van der Waals surface area contributed by atoms with Crippen molar-refractivity contribution in [1.82, 2.24) is 25.0 Å². The second-order valence-electron chi connectivity index (χ2n) is 7.93. The summed E-state index contributed by atoms with van der Waals surface area (Å²) in [5.41, 5.74) is 6.94. The lowest BCUT2D eigenvalue weighted by atomic mass is 9.84. The summed E-state index contributed by atoms with van der Waals surface area (Å²) in [6, 6.07) is 16.2. The summed E-state index contributed by atoms with van der Waals surface area (Å²) in [6.07, 6.45) is 2.01. The molecule has 0 unspecified atom stereocenters. The van der Waals surface area contributed by atoms with Crippen molar-refractivity contribution in [2.24, 2.45) is 0 Å². The average molecular weight is 410 g/mol. The molecule has 3 heterocycles. The minimum absolute atomic E-state index is 0.0513. The van der Waals surface area contributed by atoms with Gasteiger partial charge in [-0.05, 0) is 31.9 Å². The van der Waals surface area contributed by atoms with Crippen molar-refractivity contribution < 1.29 is 4.79 Å². The minimum atomic E-state index is -0.0630. The van der Waals surface area contributed by atoms with Gasteiger partial charge in [-0.2, -0.15) is 14.9 Å². The zero-order valence-electron chi connectivity index (χ0n) is 17.6. The second kappa shape index (κ2) is 7.43. The summed E-state index contributed by atoms with van der Waals surface area (Å²) >= 11 is 0. The second-order valence-corrected chi connectivity index (χ2v) is 7.93. The molecule has 0 fully saturated rings. The largest absolute Gasteiger partial charge is 0.310 e. The normalized spacial score (nSPS) is 15.5. The molecule has 7 heteroatoms. The number of nitrogens with zero attached hydrogens (tertiary/aromatic N) is 5. The fourth-order valence-electron chi connectivity index (χ4n) is 4.18. The van der Waals surface area contributed by atoms with E-state index in [9.17, 15) is 4.79 Å². The van der Waals surface area contributed by atoms with Crippen molar-refractivity contribution in [3.8, 4) is 17.2 Å². The summed E-state index contributed by atoms with van der Waals surface area (Å²) < 4.78 is 1.59. The third kappa shape index (κ3) is 3.38. The third-order valence-corrected chi connectivity index (χ3v) is 5.75. The molecule has 1 N–H and O–H groups in total. The molecule has 1 atom stereocenters. The van der Waals surface area contributed by atoms with Gasteiger partial charge in [-0.15, -0.1) is 5.10 Å². The Kier molecular flexibility index (Phi) is 4.58. The molecule has 2 aromatic heterocycles. The van der Waals surface area contributed by atoms with Crippen LogP contribution in [0.3, 0.4) is 0 Å². The minimum Gasteiger partial charge on any atom is -0.310 e. The van der Waals surface area contributed by atoms with Gasteiger partial charge in [0, 0.05) is 23.5 Å². The van der Waals surface area contributed by atoms with Crippen LogP contribution in [0.15, 0.2) is 54.7 Å². The van der Waals surface area contributed by atoms with Crippen molar-refractivity contribution in [2.75, 3.05) is 5.32 Å². The number of hydrogen-bond acceptors (Lipinski definition) is 5. The van der Waals surface area contributed by atoms with Gasteiger partial charge >= 0.3 is 0 Å². The first kappa shape index (κ1) is 19.1. The highest BCUT2D eigenvalue weighted by molar-refractivity contribution is 5.95. The van der Waals surface area contributed by atoms with Crippen LogP contribution in [0.5, 0.6) is 0 Å². The van der Waals surface area contributed by atoms with E-state index in [0.717, 1.165) is 27.9 Å². The molecule has 0 bridgehead atoms. The van der Waals surface area contributed by atoms with Crippen LogP contribution in [0.2, 0.25) is 0 Å². The molecule has 0 spiro atoms. The molecular weight excluding hydrogens is 388 g/mol. The highest BCUT2D eigenvalue weighted by atomic mass is 16.1. The van der Waals surface area contributed by atoms with Crippen molar-refractivity contribution in [2.45, 2.75) is 33.1 Å². The van der Waals surface area contributed by atoms with Gasteiger partial charge in [0.15, 0.2) is 0 Å². The van der Waals surface area contributed by atoms with Crippen LogP contribution in [-0.2, 0) is 4.79 Å². The summed E-state index contributed by atoms with van der Waals surface area (Å²) in [4.78, 5) is 17.3. The van der Waals surface area contributed by atoms with Crippen LogP contribution in [0.25, 0.3) is 17.2 Å². The molecule has 1 amide bonds. The van der Waals surface area contributed by atoms with Gasteiger partial charge in [-0.25, -0.2) is 4.98 Å². The Morgan fingerprint density at radius 2 is 1.81 bits per heavy atom. The monoisotopic (exact) mass is 410 g/mol. The van der Waals surface area contributed by atoms with Gasteiger partial charge < -0.3 is 5.32 Å². The Morgan fingerprint density at radius 1 is 1.03 bits per heavy atom. The SMILES string of the molecule is Cc1ccc(-c2cnnc(-n3nc(C)c4c3NC(=O)C[C@H]4c3ccccc3C)n2)cc1. The number of aryl methyl sites for hydroxylation is 3. The number of carbonyl (C=O) groups excluding carboxylic acids is 1. The summed E-state index contributed by atoms with van der Waals surface area (Å²) in [5, 5.41) is 16.0. The van der Waals surface area contributed by atoms with E-state index in [1.807, 2.05) is 50.2 Å². The lowest BCUT2D eigenvalue weighted by Crippen LogP contribution is -2.25. The topological polar surface area (TPSA) is 85.6 Å². The molecule has 5 rings (SSSR count). The number of carbonyl (C=O) groups is 1. The fraction of sp³-hybridized carbons (Fsp3) is 0.208. The Morgan fingerprint density at radius 3 is 2.58 bits per heavy atom. The van der Waals surface area contributed by atoms with Crippen LogP contribution < -0.4 is 5.32 Å². The highest BCUT2D eigenvalue weighted by Gasteiger charge is 2.33. The molecule has 0 saturated carbocycles. The van der Waals surface area contributed by atoms with Crippen molar-refractivity contribution in [1.29, 1.82) is 0 Å². The van der Waals surface area contributed by atoms with Crippen LogP contribution in [0.1, 0.15) is 40.3 Å². The van der Waals surface area contributed by atoms with Gasteiger partial charge in [0.05, 0.1) is 17.6 Å². The van der Waals surface area contributed by atoms with Gasteiger partial charge in [0.25, 0.3) is 5.95 Å². The first-order valence-electron chi connectivity index (χ1n) is 10.2. The van der Waals surface area contributed by atoms with E-state index in [1.165, 1.54) is 5.56 Å². The van der Waals surface area contributed by atoms with E-state index < -0.39 is 0 Å². The molecule has 31 heavy (non-hydrogen) atoms. The lowest BCUT2D eigenvalue weighted by molar-refractivity contribution is -0.116. The number of amides is 1. The smallest absolute Gasteiger partial charge is 0.272 e. The maximum absolute atomic E-state index is 12.6. The maximum Gasteiger partial charge on any atom is 0.272 e. The number of aromatic nitrogens is 5. The lowest BCUT2D eigenvalue weighted by Gasteiger charge is -2.25. The molecule has 7 nitrogen and oxygen atoms in total. The number of anilines is 1. The first-order valence-corrected chi connectivity index (χ1v) is 10.2. The van der Waals surface area contributed by atoms with Crippen molar-refractivity contribution in [3.63, 3.8) is 0 Å². The maximum atomic E-state index is 12.6. The zero-order valence-corrected chi connectivity index (χ0v) is 17.6. The van der Waals surface area contributed by atoms with E-state index in [2.05, 4.69) is 44.7 Å². The number of benzene rings is 2. The van der Waals surface area contributed by atoms with Gasteiger partial charge in [0.1, 0.15) is 5.82 Å². The Bertz CT molecular complexity index is 1290. The van der Waals surface area contributed by atoms with Gasteiger partial charge in [-0.3, -0.25) is 4.79 Å². The average Bonchev–Trinajstić information content (AvgIpc) is 3.10. The summed E-state index contributed by atoms with van der Waals surface area (Å²) in [6.45, 7) is 6.06. The number of rotatable bonds is 3. The predicted molar refractivity (Wildman–Crippen MR) is 118 cm³/mol. The van der Waals surface area contributed by atoms with E-state index in [4.69, 9.17) is 0 Å². The molecule has 2 aromatic carbocycles. The van der Waals surface area contributed by atoms with E-state index in [0.29, 0.717) is 23.9 Å². The molecule has 4 aromatic rings. The molecule has 154 valence electrons. The van der Waals surface area contributed by atoms with Crippen molar-refractivity contribution in [3.05, 3.63) is 82.7 Å². The molecular formula is C24H22N6O. The molecule has 0 radical (unpaired) electrons. The summed E-state index contributed by atoms with van der Waals surface area (Å²) in [5.74, 6) is 0.828. The number of nitrogens with one attached hydrogen (secondary N) is 1. The number of fused-ring (bicyclic) bond motifs is 1. The predicted octanol–water partition coefficient (Wildman–Crippen LogP) is 4.12. The van der Waals surface area contributed by atoms with Crippen LogP contribution >= 0.6 is 0 Å². The highest BCUT2D eigenvalue weighted by Crippen LogP contribution is 2.40. The van der Waals surface area contributed by atoms with E-state index in [1.54, 1.807) is 10.9 Å². The Balaban J connectivity index is 1.63. The van der Waals surface area contributed by atoms with Crippen LogP contribution in [0.4, 0.5) is 5.82 Å². The first-order chi connectivity index (χ1) is 15.0. The standard InChI is InChI=1S/C24H22N6O/c1-14-8-10-17(11-9-14)20-13-25-28-24(26-20)30-23-22(16(3)29-30)19(12-21(31)27-23)18-7-5-4-6-15(18)2/h4-11,13,19H,12H2,1-3H3,(H,27,31)/t19-/m0/s1. The summed E-state index contributed by atoms with van der Waals surface area (Å²) in [7, 11) is 0. The molecule has 0 saturated heterocycles. The fourth-order valence-corrected chi connectivity index (χ4v) is 4.18. The zero-order chi connectivity index (χ0) is 21.5. The molecule has 0 aliphatic carbocycles. The quantitative estimate of drug-likeness (QED) is 0.549. The molecule has 1 aliphatic heterocycles.